The van der Waals surface area contributed by atoms with Crippen molar-refractivity contribution in [2.24, 2.45) is 0 Å². The van der Waals surface area contributed by atoms with Gasteiger partial charge in [0.25, 0.3) is 5.91 Å². The van der Waals surface area contributed by atoms with Gasteiger partial charge >= 0.3 is 0 Å². The molecule has 2 fully saturated rings. The van der Waals surface area contributed by atoms with Crippen LogP contribution in [0.2, 0.25) is 0 Å². The van der Waals surface area contributed by atoms with Crippen LogP contribution in [-0.4, -0.2) is 21.7 Å². The fraction of sp³-hybridized carbons (Fsp3) is 0.800. The molecule has 1 aromatic heterocycles. The first-order valence-electron chi connectivity index (χ1n) is 10.5. The van der Waals surface area contributed by atoms with E-state index in [9.17, 15) is 4.79 Å². The number of hydrogen-bond acceptors (Lipinski definition) is 3. The SMILES string of the molecule is O=C(NNC1CCCCC1)c1nn(C2CCCCC2)c2c1CCCC2. The second kappa shape index (κ2) is 7.90. The molecule has 0 unspecified atom stereocenters. The van der Waals surface area contributed by atoms with Crippen LogP contribution in [0, 0.1) is 0 Å². The maximum atomic E-state index is 12.8. The summed E-state index contributed by atoms with van der Waals surface area (Å²) in [5, 5.41) is 4.84. The van der Waals surface area contributed by atoms with Crippen LogP contribution in [0.3, 0.4) is 0 Å². The van der Waals surface area contributed by atoms with Gasteiger partial charge in [-0.2, -0.15) is 5.10 Å². The molecular weight excluding hydrogens is 312 g/mol. The Kier molecular flexibility index (Phi) is 5.39. The van der Waals surface area contributed by atoms with Crippen LogP contribution < -0.4 is 10.9 Å². The van der Waals surface area contributed by atoms with E-state index in [2.05, 4.69) is 15.5 Å². The minimum absolute atomic E-state index is 0.0294. The molecule has 138 valence electrons. The molecule has 5 nitrogen and oxygen atoms in total. The molecule has 0 radical (unpaired) electrons. The number of rotatable bonds is 4. The van der Waals surface area contributed by atoms with Gasteiger partial charge in [-0.3, -0.25) is 14.9 Å². The lowest BCUT2D eigenvalue weighted by atomic mass is 9.92. The molecule has 4 rings (SSSR count). The maximum absolute atomic E-state index is 12.8. The van der Waals surface area contributed by atoms with E-state index in [1.165, 1.54) is 75.5 Å². The van der Waals surface area contributed by atoms with Gasteiger partial charge in [-0.15, -0.1) is 0 Å². The molecule has 1 heterocycles. The normalized spacial score (nSPS) is 22.6. The summed E-state index contributed by atoms with van der Waals surface area (Å²) in [5.41, 5.74) is 9.49. The van der Waals surface area contributed by atoms with Gasteiger partial charge in [-0.25, -0.2) is 5.43 Å². The highest BCUT2D eigenvalue weighted by Gasteiger charge is 2.29. The summed E-state index contributed by atoms with van der Waals surface area (Å²) in [4.78, 5) is 12.8. The van der Waals surface area contributed by atoms with Crippen LogP contribution >= 0.6 is 0 Å². The fourth-order valence-corrected chi connectivity index (χ4v) is 4.91. The van der Waals surface area contributed by atoms with Crippen molar-refractivity contribution in [1.29, 1.82) is 0 Å². The summed E-state index contributed by atoms with van der Waals surface area (Å²) in [7, 11) is 0. The summed E-state index contributed by atoms with van der Waals surface area (Å²) in [6.45, 7) is 0. The number of hydrogen-bond donors (Lipinski definition) is 2. The predicted octanol–water partition coefficient (Wildman–Crippen LogP) is 3.83. The third-order valence-electron chi connectivity index (χ3n) is 6.34. The molecule has 3 aliphatic carbocycles. The summed E-state index contributed by atoms with van der Waals surface area (Å²) in [6.07, 6.45) is 17.0. The minimum Gasteiger partial charge on any atom is -0.286 e. The Bertz CT molecular complexity index is 597. The number of aromatic nitrogens is 2. The van der Waals surface area contributed by atoms with Gasteiger partial charge in [0.15, 0.2) is 5.69 Å². The third-order valence-corrected chi connectivity index (χ3v) is 6.34. The predicted molar refractivity (Wildman–Crippen MR) is 98.5 cm³/mol. The van der Waals surface area contributed by atoms with E-state index >= 15 is 0 Å². The monoisotopic (exact) mass is 344 g/mol. The molecule has 25 heavy (non-hydrogen) atoms. The van der Waals surface area contributed by atoms with Gasteiger partial charge < -0.3 is 0 Å². The molecule has 2 saturated carbocycles. The zero-order valence-corrected chi connectivity index (χ0v) is 15.4. The number of nitrogens with one attached hydrogen (secondary N) is 2. The van der Waals surface area contributed by atoms with Crippen LogP contribution in [0.4, 0.5) is 0 Å². The number of hydrazine groups is 1. The number of amides is 1. The topological polar surface area (TPSA) is 59.0 Å². The molecule has 5 heteroatoms. The molecule has 0 atom stereocenters. The van der Waals surface area contributed by atoms with Crippen molar-refractivity contribution < 1.29 is 4.79 Å². The minimum atomic E-state index is -0.0294. The third kappa shape index (κ3) is 3.76. The zero-order chi connectivity index (χ0) is 17.1. The molecule has 3 aliphatic rings. The Labute approximate surface area is 150 Å². The number of carbonyl (C=O) groups is 1. The van der Waals surface area contributed by atoms with E-state index < -0.39 is 0 Å². The van der Waals surface area contributed by atoms with E-state index in [4.69, 9.17) is 5.10 Å². The molecule has 2 N–H and O–H groups in total. The Morgan fingerprint density at radius 3 is 2.32 bits per heavy atom. The molecule has 0 saturated heterocycles. The number of nitrogens with zero attached hydrogens (tertiary/aromatic N) is 2. The fourth-order valence-electron chi connectivity index (χ4n) is 4.91. The average Bonchev–Trinajstić information content (AvgIpc) is 3.07. The molecule has 1 aromatic rings. The van der Waals surface area contributed by atoms with Crippen LogP contribution in [0.25, 0.3) is 0 Å². The second-order valence-electron chi connectivity index (χ2n) is 8.15. The van der Waals surface area contributed by atoms with E-state index in [1.807, 2.05) is 0 Å². The molecule has 0 aromatic carbocycles. The quantitative estimate of drug-likeness (QED) is 0.816. The molecule has 0 aliphatic heterocycles. The van der Waals surface area contributed by atoms with Crippen LogP contribution in [-0.2, 0) is 12.8 Å². The smallest absolute Gasteiger partial charge is 0.286 e. The van der Waals surface area contributed by atoms with Crippen molar-refractivity contribution in [3.8, 4) is 0 Å². The van der Waals surface area contributed by atoms with E-state index in [-0.39, 0.29) is 5.91 Å². The molecular formula is C20H32N4O. The van der Waals surface area contributed by atoms with Crippen molar-refractivity contribution in [3.05, 3.63) is 17.0 Å². The number of carbonyl (C=O) groups excluding carboxylic acids is 1. The Morgan fingerprint density at radius 1 is 0.880 bits per heavy atom. The molecule has 0 bridgehead atoms. The standard InChI is InChI=1S/C20H32N4O/c25-20(22-21-15-9-3-1-4-10-15)19-17-13-7-8-14-18(17)24(23-19)16-11-5-2-6-12-16/h15-16,21H,1-14H2,(H,22,25). The van der Waals surface area contributed by atoms with Crippen LogP contribution in [0.1, 0.15) is 105 Å². The summed E-state index contributed by atoms with van der Waals surface area (Å²) < 4.78 is 2.24. The maximum Gasteiger partial charge on any atom is 0.286 e. The lowest BCUT2D eigenvalue weighted by Crippen LogP contribution is -2.45. The summed E-state index contributed by atoms with van der Waals surface area (Å²) in [5.74, 6) is -0.0294. The van der Waals surface area contributed by atoms with Crippen LogP contribution in [0.15, 0.2) is 0 Å². The lowest BCUT2D eigenvalue weighted by Gasteiger charge is -2.25. The van der Waals surface area contributed by atoms with Gasteiger partial charge in [0, 0.05) is 17.3 Å². The second-order valence-corrected chi connectivity index (χ2v) is 8.15. The molecule has 1 amide bonds. The van der Waals surface area contributed by atoms with E-state index in [0.717, 1.165) is 25.7 Å². The summed E-state index contributed by atoms with van der Waals surface area (Å²) >= 11 is 0. The van der Waals surface area contributed by atoms with Crippen LogP contribution in [0.5, 0.6) is 0 Å². The highest BCUT2D eigenvalue weighted by molar-refractivity contribution is 5.93. The first kappa shape index (κ1) is 17.1. The van der Waals surface area contributed by atoms with E-state index in [0.29, 0.717) is 17.8 Å². The van der Waals surface area contributed by atoms with E-state index in [1.54, 1.807) is 0 Å². The van der Waals surface area contributed by atoms with Crippen molar-refractivity contribution in [3.63, 3.8) is 0 Å². The van der Waals surface area contributed by atoms with Gasteiger partial charge in [0.05, 0.1) is 6.04 Å². The van der Waals surface area contributed by atoms with Gasteiger partial charge in [0.2, 0.25) is 0 Å². The Hall–Kier alpha value is -1.36. The first-order chi connectivity index (χ1) is 12.3. The van der Waals surface area contributed by atoms with Gasteiger partial charge in [0.1, 0.15) is 0 Å². The molecule has 0 spiro atoms. The number of fused-ring (bicyclic) bond motifs is 1. The van der Waals surface area contributed by atoms with Gasteiger partial charge in [-0.05, 0) is 51.4 Å². The van der Waals surface area contributed by atoms with Gasteiger partial charge in [-0.1, -0.05) is 38.5 Å². The average molecular weight is 345 g/mol. The summed E-state index contributed by atoms with van der Waals surface area (Å²) in [6, 6.07) is 0.933. The Balaban J connectivity index is 1.49. The lowest BCUT2D eigenvalue weighted by molar-refractivity contribution is 0.0912. The highest BCUT2D eigenvalue weighted by atomic mass is 16.2. The van der Waals surface area contributed by atoms with Crippen molar-refractivity contribution in [2.75, 3.05) is 0 Å². The highest BCUT2D eigenvalue weighted by Crippen LogP contribution is 2.33. The van der Waals surface area contributed by atoms with Crippen molar-refractivity contribution in [2.45, 2.75) is 102 Å². The van der Waals surface area contributed by atoms with Crippen molar-refractivity contribution in [1.82, 2.24) is 20.6 Å². The van der Waals surface area contributed by atoms with Crippen molar-refractivity contribution >= 4 is 5.91 Å². The Morgan fingerprint density at radius 2 is 1.56 bits per heavy atom. The zero-order valence-electron chi connectivity index (χ0n) is 15.4. The largest absolute Gasteiger partial charge is 0.286 e. The first-order valence-corrected chi connectivity index (χ1v) is 10.5.